The van der Waals surface area contributed by atoms with Crippen LogP contribution in [0.5, 0.6) is 0 Å². The molecule has 1 fully saturated rings. The van der Waals surface area contributed by atoms with Crippen LogP contribution in [0.2, 0.25) is 0 Å². The number of oxazole rings is 1. The lowest BCUT2D eigenvalue weighted by Gasteiger charge is -2.29. The van der Waals surface area contributed by atoms with Crippen molar-refractivity contribution in [3.63, 3.8) is 0 Å². The van der Waals surface area contributed by atoms with Crippen LogP contribution in [0.3, 0.4) is 0 Å². The van der Waals surface area contributed by atoms with Gasteiger partial charge >= 0.3 is 0 Å². The van der Waals surface area contributed by atoms with Crippen LogP contribution in [0, 0.1) is 5.92 Å². The molecule has 3 N–H and O–H groups in total. The van der Waals surface area contributed by atoms with Crippen LogP contribution in [0.25, 0.3) is 11.3 Å². The van der Waals surface area contributed by atoms with Gasteiger partial charge in [-0.3, -0.25) is 4.79 Å². The SMILES string of the molecule is O=C(N[C@H](CCO)c1ccccc1)[C@H]1CC[C@H](NS(=O)(=O)c2ccc(-c3cocn3)cc2)CC1. The Balaban J connectivity index is 1.31. The lowest BCUT2D eigenvalue weighted by molar-refractivity contribution is -0.126. The fourth-order valence-corrected chi connectivity index (χ4v) is 5.65. The fourth-order valence-electron chi connectivity index (χ4n) is 4.35. The van der Waals surface area contributed by atoms with E-state index >= 15 is 0 Å². The van der Waals surface area contributed by atoms with E-state index in [2.05, 4.69) is 15.0 Å². The molecule has 0 bridgehead atoms. The highest BCUT2D eigenvalue weighted by Gasteiger charge is 2.30. The monoisotopic (exact) mass is 483 g/mol. The zero-order valence-corrected chi connectivity index (χ0v) is 19.6. The molecule has 1 aliphatic carbocycles. The van der Waals surface area contributed by atoms with Gasteiger partial charge in [-0.15, -0.1) is 0 Å². The molecule has 34 heavy (non-hydrogen) atoms. The van der Waals surface area contributed by atoms with E-state index in [4.69, 9.17) is 4.42 Å². The van der Waals surface area contributed by atoms with Gasteiger partial charge in [0.25, 0.3) is 0 Å². The van der Waals surface area contributed by atoms with E-state index in [9.17, 15) is 18.3 Å². The summed E-state index contributed by atoms with van der Waals surface area (Å²) >= 11 is 0. The second-order valence-electron chi connectivity index (χ2n) is 8.55. The first-order valence-electron chi connectivity index (χ1n) is 11.4. The minimum Gasteiger partial charge on any atom is -0.451 e. The molecule has 1 heterocycles. The predicted molar refractivity (Wildman–Crippen MR) is 127 cm³/mol. The summed E-state index contributed by atoms with van der Waals surface area (Å²) < 4.78 is 33.4. The summed E-state index contributed by atoms with van der Waals surface area (Å²) in [6.45, 7) is -0.0199. The third-order valence-electron chi connectivity index (χ3n) is 6.25. The molecule has 1 aliphatic rings. The Morgan fingerprint density at radius 1 is 1.06 bits per heavy atom. The minimum absolute atomic E-state index is 0.0199. The van der Waals surface area contributed by atoms with Crippen molar-refractivity contribution in [2.45, 2.75) is 49.1 Å². The van der Waals surface area contributed by atoms with Crippen LogP contribution in [-0.4, -0.2) is 37.1 Å². The Kier molecular flexibility index (Phi) is 7.77. The number of sulfonamides is 1. The van der Waals surface area contributed by atoms with Gasteiger partial charge in [-0.1, -0.05) is 42.5 Å². The molecule has 0 spiro atoms. The van der Waals surface area contributed by atoms with Gasteiger partial charge in [0.05, 0.1) is 10.9 Å². The van der Waals surface area contributed by atoms with E-state index in [0.717, 1.165) is 11.1 Å². The van der Waals surface area contributed by atoms with Gasteiger partial charge in [0.15, 0.2) is 6.39 Å². The molecular formula is C25H29N3O5S. The van der Waals surface area contributed by atoms with E-state index in [1.54, 1.807) is 24.3 Å². The third-order valence-corrected chi connectivity index (χ3v) is 7.79. The topological polar surface area (TPSA) is 122 Å². The molecule has 0 radical (unpaired) electrons. The maximum absolute atomic E-state index is 12.9. The highest BCUT2D eigenvalue weighted by Crippen LogP contribution is 2.28. The fraction of sp³-hybridized carbons (Fsp3) is 0.360. The molecule has 4 rings (SSSR count). The molecule has 9 heteroatoms. The van der Waals surface area contributed by atoms with E-state index in [1.165, 1.54) is 12.7 Å². The quantitative estimate of drug-likeness (QED) is 0.429. The number of aliphatic hydroxyl groups excluding tert-OH is 1. The summed E-state index contributed by atoms with van der Waals surface area (Å²) in [5, 5.41) is 12.5. The maximum Gasteiger partial charge on any atom is 0.240 e. The molecular weight excluding hydrogens is 454 g/mol. The van der Waals surface area contributed by atoms with Crippen LogP contribution < -0.4 is 10.0 Å². The number of nitrogens with one attached hydrogen (secondary N) is 2. The largest absolute Gasteiger partial charge is 0.451 e. The second kappa shape index (κ2) is 10.9. The van der Waals surface area contributed by atoms with Crippen molar-refractivity contribution < 1.29 is 22.7 Å². The smallest absolute Gasteiger partial charge is 0.240 e. The number of amides is 1. The highest BCUT2D eigenvalue weighted by atomic mass is 32.2. The predicted octanol–water partition coefficient (Wildman–Crippen LogP) is 3.42. The van der Waals surface area contributed by atoms with Gasteiger partial charge in [-0.2, -0.15) is 0 Å². The Morgan fingerprint density at radius 3 is 2.38 bits per heavy atom. The van der Waals surface area contributed by atoms with Crippen LogP contribution in [0.4, 0.5) is 0 Å². The van der Waals surface area contributed by atoms with E-state index < -0.39 is 10.0 Å². The number of hydrogen-bond donors (Lipinski definition) is 3. The Bertz CT molecular complexity index is 1160. The van der Waals surface area contributed by atoms with E-state index in [-0.39, 0.29) is 35.4 Å². The zero-order chi connectivity index (χ0) is 24.0. The number of rotatable bonds is 9. The zero-order valence-electron chi connectivity index (χ0n) is 18.8. The van der Waals surface area contributed by atoms with Gasteiger partial charge in [-0.05, 0) is 49.8 Å². The summed E-state index contributed by atoms with van der Waals surface area (Å²) in [5.41, 5.74) is 2.37. The lowest BCUT2D eigenvalue weighted by Crippen LogP contribution is -2.41. The number of carbonyl (C=O) groups is 1. The van der Waals surface area contributed by atoms with Crippen LogP contribution >= 0.6 is 0 Å². The molecule has 180 valence electrons. The Labute approximate surface area is 199 Å². The van der Waals surface area contributed by atoms with E-state index in [0.29, 0.717) is 37.8 Å². The molecule has 0 unspecified atom stereocenters. The number of nitrogens with zero attached hydrogens (tertiary/aromatic N) is 1. The van der Waals surface area contributed by atoms with Gasteiger partial charge in [0, 0.05) is 24.1 Å². The van der Waals surface area contributed by atoms with Crippen molar-refractivity contribution >= 4 is 15.9 Å². The minimum atomic E-state index is -3.67. The van der Waals surface area contributed by atoms with E-state index in [1.807, 2.05) is 30.3 Å². The number of hydrogen-bond acceptors (Lipinski definition) is 6. The van der Waals surface area contributed by atoms with Crippen molar-refractivity contribution in [3.8, 4) is 11.3 Å². The molecule has 0 aliphatic heterocycles. The molecule has 1 amide bonds. The lowest BCUT2D eigenvalue weighted by atomic mass is 9.85. The Morgan fingerprint density at radius 2 is 1.76 bits per heavy atom. The average Bonchev–Trinajstić information content (AvgIpc) is 3.40. The average molecular weight is 484 g/mol. The van der Waals surface area contributed by atoms with Crippen LogP contribution in [0.15, 0.2) is 76.6 Å². The maximum atomic E-state index is 12.9. The number of aromatic nitrogens is 1. The molecule has 3 aromatic rings. The summed E-state index contributed by atoms with van der Waals surface area (Å²) in [7, 11) is -3.67. The van der Waals surface area contributed by atoms with Crippen molar-refractivity contribution in [1.29, 1.82) is 0 Å². The molecule has 1 aromatic heterocycles. The van der Waals surface area contributed by atoms with Crippen molar-refractivity contribution in [2.75, 3.05) is 6.61 Å². The van der Waals surface area contributed by atoms with Crippen molar-refractivity contribution in [1.82, 2.24) is 15.0 Å². The Hall–Kier alpha value is -3.01. The molecule has 8 nitrogen and oxygen atoms in total. The first-order valence-corrected chi connectivity index (χ1v) is 12.9. The van der Waals surface area contributed by atoms with Gasteiger partial charge < -0.3 is 14.8 Å². The summed E-state index contributed by atoms with van der Waals surface area (Å²) in [5.74, 6) is -0.223. The standard InChI is InChI=1S/C25H29N3O5S/c29-15-14-23(18-4-2-1-3-5-18)27-25(30)20-6-10-21(11-7-20)28-34(31,32)22-12-8-19(9-13-22)24-16-33-17-26-24/h1-5,8-9,12-13,16-17,20-21,23,28-29H,6-7,10-11,14-15H2,(H,27,30)/t20-,21-,23-/m1/s1. The first kappa shape index (κ1) is 24.1. The summed E-state index contributed by atoms with van der Waals surface area (Å²) in [6.07, 6.45) is 5.65. The molecule has 0 saturated heterocycles. The number of benzene rings is 2. The summed E-state index contributed by atoms with van der Waals surface area (Å²) in [6, 6.07) is 15.6. The highest BCUT2D eigenvalue weighted by molar-refractivity contribution is 7.89. The first-order chi connectivity index (χ1) is 16.5. The van der Waals surface area contributed by atoms with Crippen molar-refractivity contribution in [2.24, 2.45) is 5.92 Å². The third kappa shape index (κ3) is 5.91. The van der Waals surface area contributed by atoms with Gasteiger partial charge in [0.2, 0.25) is 15.9 Å². The normalized spacial score (nSPS) is 19.4. The molecule has 2 aromatic carbocycles. The second-order valence-corrected chi connectivity index (χ2v) is 10.3. The number of aliphatic hydroxyl groups is 1. The van der Waals surface area contributed by atoms with Crippen LogP contribution in [0.1, 0.15) is 43.7 Å². The van der Waals surface area contributed by atoms with Crippen LogP contribution in [-0.2, 0) is 14.8 Å². The molecule has 1 saturated carbocycles. The van der Waals surface area contributed by atoms with Gasteiger partial charge in [-0.25, -0.2) is 18.1 Å². The van der Waals surface area contributed by atoms with Crippen molar-refractivity contribution in [3.05, 3.63) is 72.8 Å². The molecule has 1 atom stereocenters. The summed E-state index contributed by atoms with van der Waals surface area (Å²) in [4.78, 5) is 17.1. The van der Waals surface area contributed by atoms with Gasteiger partial charge in [0.1, 0.15) is 12.0 Å². The number of carbonyl (C=O) groups excluding carboxylic acids is 1.